The Balaban J connectivity index is 1.94. The highest BCUT2D eigenvalue weighted by Crippen LogP contribution is 2.33. The number of nitrogens with one attached hydrogen (secondary N) is 1. The van der Waals surface area contributed by atoms with Crippen LogP contribution in [0.5, 0.6) is 0 Å². The van der Waals surface area contributed by atoms with Crippen LogP contribution >= 0.6 is 0 Å². The van der Waals surface area contributed by atoms with Crippen molar-refractivity contribution in [2.45, 2.75) is 52.0 Å². The molecule has 4 nitrogen and oxygen atoms in total. The first-order valence-corrected chi connectivity index (χ1v) is 8.93. The summed E-state index contributed by atoms with van der Waals surface area (Å²) in [6.45, 7) is 4.50. The summed E-state index contributed by atoms with van der Waals surface area (Å²) in [6.07, 6.45) is 4.47. The molecule has 0 radical (unpaired) electrons. The lowest BCUT2D eigenvalue weighted by atomic mass is 9.76. The number of methoxy groups -OCH3 is 1. The Bertz CT molecular complexity index is 533. The Morgan fingerprint density at radius 1 is 1.12 bits per heavy atom. The van der Waals surface area contributed by atoms with Crippen LogP contribution in [0.4, 0.5) is 0 Å². The van der Waals surface area contributed by atoms with Crippen LogP contribution in [-0.2, 0) is 20.7 Å². The fourth-order valence-corrected chi connectivity index (χ4v) is 3.52. The molecule has 1 saturated carbocycles. The number of carbonyl (C=O) groups is 2. The van der Waals surface area contributed by atoms with E-state index in [1.54, 1.807) is 0 Å². The van der Waals surface area contributed by atoms with Crippen LogP contribution in [-0.4, -0.2) is 25.0 Å². The molecule has 132 valence electrons. The monoisotopic (exact) mass is 331 g/mol. The molecule has 24 heavy (non-hydrogen) atoms. The normalized spacial score (nSPS) is 22.0. The molecule has 1 aliphatic carbocycles. The third-order valence-electron chi connectivity index (χ3n) is 5.17. The minimum atomic E-state index is -0.618. The number of carbonyl (C=O) groups excluding carboxylic acids is 2. The Kier molecular flexibility index (Phi) is 6.83. The zero-order valence-electron chi connectivity index (χ0n) is 15.0. The maximum absolute atomic E-state index is 12.6. The Hall–Kier alpha value is -1.84. The Morgan fingerprint density at radius 2 is 1.75 bits per heavy atom. The highest BCUT2D eigenvalue weighted by atomic mass is 16.5. The van der Waals surface area contributed by atoms with E-state index in [0.29, 0.717) is 12.3 Å². The van der Waals surface area contributed by atoms with E-state index in [4.69, 9.17) is 4.74 Å². The molecule has 2 rings (SSSR count). The number of hydrogen-bond acceptors (Lipinski definition) is 3. The molecule has 1 atom stereocenters. The average molecular weight is 331 g/mol. The Morgan fingerprint density at radius 3 is 2.29 bits per heavy atom. The second kappa shape index (κ2) is 8.86. The van der Waals surface area contributed by atoms with Gasteiger partial charge in [0, 0.05) is 12.3 Å². The van der Waals surface area contributed by atoms with Gasteiger partial charge in [-0.05, 0) is 43.1 Å². The molecule has 4 heteroatoms. The minimum Gasteiger partial charge on any atom is -0.467 e. The third kappa shape index (κ3) is 5.08. The van der Waals surface area contributed by atoms with Gasteiger partial charge in [0.1, 0.15) is 6.04 Å². The summed E-state index contributed by atoms with van der Waals surface area (Å²) in [4.78, 5) is 24.6. The van der Waals surface area contributed by atoms with Crippen molar-refractivity contribution in [2.75, 3.05) is 7.11 Å². The first kappa shape index (κ1) is 18.5. The van der Waals surface area contributed by atoms with Crippen molar-refractivity contribution in [2.24, 2.45) is 17.8 Å². The predicted molar refractivity (Wildman–Crippen MR) is 94.4 cm³/mol. The zero-order valence-corrected chi connectivity index (χ0v) is 15.0. The predicted octanol–water partition coefficient (Wildman–Crippen LogP) is 3.35. The van der Waals surface area contributed by atoms with Gasteiger partial charge in [-0.15, -0.1) is 0 Å². The maximum atomic E-state index is 12.6. The van der Waals surface area contributed by atoms with Gasteiger partial charge in [-0.25, -0.2) is 4.79 Å². The van der Waals surface area contributed by atoms with Crippen molar-refractivity contribution < 1.29 is 14.3 Å². The van der Waals surface area contributed by atoms with E-state index in [2.05, 4.69) is 19.2 Å². The highest BCUT2D eigenvalue weighted by molar-refractivity contribution is 5.86. The molecule has 0 unspecified atom stereocenters. The molecular formula is C20H29NO3. The van der Waals surface area contributed by atoms with Gasteiger partial charge in [0.2, 0.25) is 5.91 Å². The van der Waals surface area contributed by atoms with E-state index in [-0.39, 0.29) is 17.8 Å². The van der Waals surface area contributed by atoms with E-state index in [9.17, 15) is 9.59 Å². The summed E-state index contributed by atoms with van der Waals surface area (Å²) in [7, 11) is 1.36. The summed E-state index contributed by atoms with van der Waals surface area (Å²) in [5.74, 6) is 1.01. The molecule has 1 aliphatic rings. The average Bonchev–Trinajstić information content (AvgIpc) is 2.61. The summed E-state index contributed by atoms with van der Waals surface area (Å²) < 4.78 is 4.87. The second-order valence-corrected chi connectivity index (χ2v) is 7.13. The molecule has 0 saturated heterocycles. The first-order valence-electron chi connectivity index (χ1n) is 8.93. The summed E-state index contributed by atoms with van der Waals surface area (Å²) >= 11 is 0. The summed E-state index contributed by atoms with van der Waals surface area (Å²) in [6, 6.07) is 9.08. The smallest absolute Gasteiger partial charge is 0.328 e. The molecule has 1 amide bonds. The second-order valence-electron chi connectivity index (χ2n) is 7.13. The molecule has 0 heterocycles. The van der Waals surface area contributed by atoms with Gasteiger partial charge in [-0.3, -0.25) is 4.79 Å². The molecule has 0 aliphatic heterocycles. The number of hydrogen-bond donors (Lipinski definition) is 1. The molecular weight excluding hydrogens is 302 g/mol. The van der Waals surface area contributed by atoms with Crippen molar-refractivity contribution in [1.82, 2.24) is 5.32 Å². The zero-order chi connectivity index (χ0) is 17.5. The lowest BCUT2D eigenvalue weighted by Gasteiger charge is -2.31. The van der Waals surface area contributed by atoms with Crippen LogP contribution in [0.25, 0.3) is 0 Å². The molecule has 1 N–H and O–H groups in total. The van der Waals surface area contributed by atoms with Crippen LogP contribution in [0.2, 0.25) is 0 Å². The van der Waals surface area contributed by atoms with E-state index < -0.39 is 6.04 Å². The van der Waals surface area contributed by atoms with Crippen LogP contribution in [0.1, 0.15) is 45.1 Å². The van der Waals surface area contributed by atoms with Crippen LogP contribution < -0.4 is 5.32 Å². The van der Waals surface area contributed by atoms with Crippen molar-refractivity contribution in [3.05, 3.63) is 35.9 Å². The molecule has 1 fully saturated rings. The van der Waals surface area contributed by atoms with Gasteiger partial charge in [-0.1, -0.05) is 44.2 Å². The number of amides is 1. The van der Waals surface area contributed by atoms with Gasteiger partial charge in [0.05, 0.1) is 7.11 Å². The standard InChI is InChI=1S/C20H29NO3/c1-14(2)16-9-11-17(12-10-16)19(22)21-18(20(23)24-3)13-15-7-5-4-6-8-15/h4-8,14,16-18H,9-13H2,1-3H3,(H,21,22)/t16?,17?,18-/m0/s1. The van der Waals surface area contributed by atoms with Gasteiger partial charge >= 0.3 is 5.97 Å². The molecule has 0 spiro atoms. The molecule has 1 aromatic carbocycles. The van der Waals surface area contributed by atoms with Crippen molar-refractivity contribution in [3.63, 3.8) is 0 Å². The molecule has 1 aromatic rings. The number of esters is 1. The van der Waals surface area contributed by atoms with Gasteiger partial charge in [-0.2, -0.15) is 0 Å². The largest absolute Gasteiger partial charge is 0.467 e. The summed E-state index contributed by atoms with van der Waals surface area (Å²) in [5.41, 5.74) is 1.01. The molecule has 0 bridgehead atoms. The maximum Gasteiger partial charge on any atom is 0.328 e. The minimum absolute atomic E-state index is 0.0106. The Labute approximate surface area is 145 Å². The highest BCUT2D eigenvalue weighted by Gasteiger charge is 2.30. The fourth-order valence-electron chi connectivity index (χ4n) is 3.52. The van der Waals surface area contributed by atoms with Crippen LogP contribution in [0, 0.1) is 17.8 Å². The number of ether oxygens (including phenoxy) is 1. The molecule has 0 aromatic heterocycles. The first-order chi connectivity index (χ1) is 11.5. The van der Waals surface area contributed by atoms with Crippen molar-refractivity contribution >= 4 is 11.9 Å². The van der Waals surface area contributed by atoms with E-state index in [1.807, 2.05) is 30.3 Å². The third-order valence-corrected chi connectivity index (χ3v) is 5.17. The van der Waals surface area contributed by atoms with Gasteiger partial charge in [0.25, 0.3) is 0 Å². The van der Waals surface area contributed by atoms with Crippen molar-refractivity contribution in [3.8, 4) is 0 Å². The van der Waals surface area contributed by atoms with E-state index in [1.165, 1.54) is 7.11 Å². The lowest BCUT2D eigenvalue weighted by molar-refractivity contribution is -0.145. The quantitative estimate of drug-likeness (QED) is 0.813. The lowest BCUT2D eigenvalue weighted by Crippen LogP contribution is -2.46. The number of rotatable bonds is 6. The summed E-state index contributed by atoms with van der Waals surface area (Å²) in [5, 5.41) is 2.92. The number of benzene rings is 1. The SMILES string of the molecule is COC(=O)[C@H](Cc1ccccc1)NC(=O)C1CCC(C(C)C)CC1. The topological polar surface area (TPSA) is 55.4 Å². The fraction of sp³-hybridized carbons (Fsp3) is 0.600. The van der Waals surface area contributed by atoms with E-state index >= 15 is 0 Å². The van der Waals surface area contributed by atoms with Gasteiger partial charge < -0.3 is 10.1 Å². The van der Waals surface area contributed by atoms with Crippen LogP contribution in [0.15, 0.2) is 30.3 Å². The van der Waals surface area contributed by atoms with Gasteiger partial charge in [0.15, 0.2) is 0 Å². The van der Waals surface area contributed by atoms with Crippen LogP contribution in [0.3, 0.4) is 0 Å². The van der Waals surface area contributed by atoms with Crippen molar-refractivity contribution in [1.29, 1.82) is 0 Å². The van der Waals surface area contributed by atoms with E-state index in [0.717, 1.165) is 37.2 Å².